The van der Waals surface area contributed by atoms with Gasteiger partial charge in [0.05, 0.1) is 12.5 Å². The normalized spacial score (nSPS) is 27.2. The van der Waals surface area contributed by atoms with Crippen LogP contribution in [0.15, 0.2) is 0 Å². The van der Waals surface area contributed by atoms with Gasteiger partial charge in [0.1, 0.15) is 18.3 Å². The monoisotopic (exact) mass is 408 g/mol. The molecule has 0 amide bonds. The van der Waals surface area contributed by atoms with Crippen LogP contribution in [0.2, 0.25) is 0 Å². The minimum atomic E-state index is -0.421. The minimum absolute atomic E-state index is 0.0415. The molecule has 5 heteroatoms. The minimum Gasteiger partial charge on any atom is -0.465 e. The number of unbranched alkanes of at least 4 members (excludes halogenated alkanes) is 1. The molecule has 0 aromatic carbocycles. The van der Waals surface area contributed by atoms with E-state index < -0.39 is 5.97 Å². The lowest BCUT2D eigenvalue weighted by Crippen LogP contribution is -2.30. The quantitative estimate of drug-likeness (QED) is 0.260. The Hall–Kier alpha value is -1.39. The van der Waals surface area contributed by atoms with Gasteiger partial charge in [-0.1, -0.05) is 26.2 Å². The van der Waals surface area contributed by atoms with E-state index in [0.717, 1.165) is 63.7 Å². The van der Waals surface area contributed by atoms with Gasteiger partial charge in [-0.05, 0) is 83.0 Å². The Bertz CT molecular complexity index is 513. The zero-order valence-electron chi connectivity index (χ0n) is 18.5. The zero-order chi connectivity index (χ0) is 21.1. The lowest BCUT2D eigenvalue weighted by atomic mass is 9.79. The van der Waals surface area contributed by atoms with Crippen LogP contribution in [0.4, 0.5) is 0 Å². The van der Waals surface area contributed by atoms with Crippen LogP contribution in [0.25, 0.3) is 0 Å². The third-order valence-corrected chi connectivity index (χ3v) is 6.62. The van der Waals surface area contributed by atoms with Gasteiger partial charge in [-0.3, -0.25) is 14.4 Å². The summed E-state index contributed by atoms with van der Waals surface area (Å²) in [5.41, 5.74) is 0. The van der Waals surface area contributed by atoms with E-state index >= 15 is 0 Å². The standard InChI is InChI=1S/C24H40O5/c1-3-6-19-10-14-22(15-11-19)29-24(27)21-12-8-20(9-13-21)7-4-5-16-28-23(26)17-18(2)25/h19-22H,3-17H2,1-2H3. The van der Waals surface area contributed by atoms with E-state index in [1.54, 1.807) is 0 Å². The summed E-state index contributed by atoms with van der Waals surface area (Å²) in [5.74, 6) is 1.05. The zero-order valence-corrected chi connectivity index (χ0v) is 18.5. The van der Waals surface area contributed by atoms with E-state index in [1.807, 2.05) is 0 Å². The molecule has 0 aromatic rings. The maximum absolute atomic E-state index is 12.5. The van der Waals surface area contributed by atoms with E-state index in [9.17, 15) is 14.4 Å². The van der Waals surface area contributed by atoms with Crippen LogP contribution >= 0.6 is 0 Å². The Kier molecular flexibility index (Phi) is 10.7. The molecule has 0 aliphatic heterocycles. The van der Waals surface area contributed by atoms with E-state index in [1.165, 1.54) is 32.6 Å². The van der Waals surface area contributed by atoms with Crippen molar-refractivity contribution in [2.24, 2.45) is 17.8 Å². The van der Waals surface area contributed by atoms with Crippen molar-refractivity contribution in [1.29, 1.82) is 0 Å². The average Bonchev–Trinajstić information content (AvgIpc) is 2.69. The summed E-state index contributed by atoms with van der Waals surface area (Å²) in [4.78, 5) is 34.7. The molecule has 0 heterocycles. The predicted octanol–water partition coefficient (Wildman–Crippen LogP) is 5.39. The number of rotatable bonds is 11. The summed E-state index contributed by atoms with van der Waals surface area (Å²) in [6.07, 6.45) is 14.2. The largest absolute Gasteiger partial charge is 0.465 e. The van der Waals surface area contributed by atoms with Crippen LogP contribution < -0.4 is 0 Å². The van der Waals surface area contributed by atoms with Gasteiger partial charge in [0.15, 0.2) is 0 Å². The SMILES string of the molecule is CCCC1CCC(OC(=O)C2CCC(CCCCOC(=O)CC(C)=O)CC2)CC1. The first kappa shape index (κ1) is 23.9. The van der Waals surface area contributed by atoms with Crippen molar-refractivity contribution in [1.82, 2.24) is 0 Å². The van der Waals surface area contributed by atoms with Crippen molar-refractivity contribution in [2.45, 2.75) is 110 Å². The molecule has 29 heavy (non-hydrogen) atoms. The van der Waals surface area contributed by atoms with Gasteiger partial charge >= 0.3 is 11.9 Å². The fourth-order valence-electron chi connectivity index (χ4n) is 4.87. The maximum Gasteiger partial charge on any atom is 0.313 e. The number of hydrogen-bond acceptors (Lipinski definition) is 5. The van der Waals surface area contributed by atoms with Gasteiger partial charge in [0, 0.05) is 0 Å². The first-order valence-corrected chi connectivity index (χ1v) is 11.8. The molecule has 0 bridgehead atoms. The van der Waals surface area contributed by atoms with Crippen LogP contribution in [0.1, 0.15) is 104 Å². The molecule has 0 aromatic heterocycles. The molecule has 0 atom stereocenters. The summed E-state index contributed by atoms with van der Waals surface area (Å²) in [7, 11) is 0. The van der Waals surface area contributed by atoms with Crippen molar-refractivity contribution in [3.05, 3.63) is 0 Å². The van der Waals surface area contributed by atoms with Crippen LogP contribution in [0.3, 0.4) is 0 Å². The smallest absolute Gasteiger partial charge is 0.313 e. The fourth-order valence-corrected chi connectivity index (χ4v) is 4.87. The second-order valence-electron chi connectivity index (χ2n) is 9.18. The molecule has 2 rings (SSSR count). The number of Topliss-reactive ketones (excluding diaryl/α,β-unsaturated/α-hetero) is 1. The lowest BCUT2D eigenvalue weighted by molar-refractivity contribution is -0.157. The summed E-state index contributed by atoms with van der Waals surface area (Å²) >= 11 is 0. The van der Waals surface area contributed by atoms with Crippen molar-refractivity contribution in [3.63, 3.8) is 0 Å². The molecule has 0 N–H and O–H groups in total. The Morgan fingerprint density at radius 3 is 2.07 bits per heavy atom. The molecular formula is C24H40O5. The van der Waals surface area contributed by atoms with Crippen molar-refractivity contribution >= 4 is 17.7 Å². The third-order valence-electron chi connectivity index (χ3n) is 6.62. The molecule has 0 radical (unpaired) electrons. The van der Waals surface area contributed by atoms with Gasteiger partial charge in [0.2, 0.25) is 0 Å². The first-order valence-electron chi connectivity index (χ1n) is 11.8. The summed E-state index contributed by atoms with van der Waals surface area (Å²) in [6.45, 7) is 4.04. The fraction of sp³-hybridized carbons (Fsp3) is 0.875. The number of carbonyl (C=O) groups is 3. The van der Waals surface area contributed by atoms with Gasteiger partial charge in [-0.25, -0.2) is 0 Å². The van der Waals surface area contributed by atoms with Gasteiger partial charge in [-0.15, -0.1) is 0 Å². The molecule has 2 saturated carbocycles. The highest BCUT2D eigenvalue weighted by molar-refractivity contribution is 5.94. The Balaban J connectivity index is 1.53. The summed E-state index contributed by atoms with van der Waals surface area (Å²) in [5, 5.41) is 0. The van der Waals surface area contributed by atoms with Crippen LogP contribution in [0.5, 0.6) is 0 Å². The van der Waals surface area contributed by atoms with E-state index in [2.05, 4.69) is 6.92 Å². The van der Waals surface area contributed by atoms with E-state index in [4.69, 9.17) is 9.47 Å². The second kappa shape index (κ2) is 13.0. The van der Waals surface area contributed by atoms with E-state index in [0.29, 0.717) is 12.5 Å². The Morgan fingerprint density at radius 2 is 1.45 bits per heavy atom. The molecule has 2 aliphatic rings. The van der Waals surface area contributed by atoms with Crippen LogP contribution in [0, 0.1) is 17.8 Å². The molecular weight excluding hydrogens is 368 g/mol. The highest BCUT2D eigenvalue weighted by Gasteiger charge is 2.30. The highest BCUT2D eigenvalue weighted by Crippen LogP contribution is 2.34. The molecule has 166 valence electrons. The Morgan fingerprint density at radius 1 is 0.828 bits per heavy atom. The van der Waals surface area contributed by atoms with Gasteiger partial charge in [-0.2, -0.15) is 0 Å². The van der Waals surface area contributed by atoms with E-state index in [-0.39, 0.29) is 30.2 Å². The van der Waals surface area contributed by atoms with Gasteiger partial charge in [0.25, 0.3) is 0 Å². The summed E-state index contributed by atoms with van der Waals surface area (Å²) in [6, 6.07) is 0. The topological polar surface area (TPSA) is 69.7 Å². The predicted molar refractivity (Wildman–Crippen MR) is 112 cm³/mol. The number of hydrogen-bond donors (Lipinski definition) is 0. The molecule has 0 unspecified atom stereocenters. The maximum atomic E-state index is 12.5. The molecule has 2 aliphatic carbocycles. The lowest BCUT2D eigenvalue weighted by Gasteiger charge is -2.31. The van der Waals surface area contributed by atoms with Crippen LogP contribution in [-0.2, 0) is 23.9 Å². The van der Waals surface area contributed by atoms with Gasteiger partial charge < -0.3 is 9.47 Å². The second-order valence-corrected chi connectivity index (χ2v) is 9.18. The average molecular weight is 409 g/mol. The van der Waals surface area contributed by atoms with Crippen molar-refractivity contribution in [3.8, 4) is 0 Å². The summed E-state index contributed by atoms with van der Waals surface area (Å²) < 4.78 is 10.9. The number of esters is 2. The molecule has 2 fully saturated rings. The highest BCUT2D eigenvalue weighted by atomic mass is 16.5. The number of ketones is 1. The molecule has 5 nitrogen and oxygen atoms in total. The van der Waals surface area contributed by atoms with Crippen molar-refractivity contribution in [2.75, 3.05) is 6.61 Å². The van der Waals surface area contributed by atoms with Crippen LogP contribution in [-0.4, -0.2) is 30.4 Å². The number of ether oxygens (including phenoxy) is 2. The first-order chi connectivity index (χ1) is 14.0. The third kappa shape index (κ3) is 9.31. The number of carbonyl (C=O) groups excluding carboxylic acids is 3. The Labute approximate surface area is 176 Å². The molecule has 0 saturated heterocycles. The van der Waals surface area contributed by atoms with Crippen molar-refractivity contribution < 1.29 is 23.9 Å². The molecule has 0 spiro atoms.